The van der Waals surface area contributed by atoms with Gasteiger partial charge in [-0.25, -0.2) is 4.79 Å². The molecule has 0 aromatic heterocycles. The topological polar surface area (TPSA) is 66.8 Å². The number of aliphatic carboxylic acids is 1. The van der Waals surface area contributed by atoms with E-state index in [1.54, 1.807) is 4.90 Å². The van der Waals surface area contributed by atoms with Crippen molar-refractivity contribution in [3.63, 3.8) is 0 Å². The highest BCUT2D eigenvalue weighted by Crippen LogP contribution is 2.31. The second-order valence-corrected chi connectivity index (χ2v) is 5.53. The first-order valence-electron chi connectivity index (χ1n) is 5.85. The predicted octanol–water partition coefficient (Wildman–Crippen LogP) is 1.12. The van der Waals surface area contributed by atoms with E-state index in [-0.39, 0.29) is 17.9 Å². The van der Waals surface area contributed by atoms with Gasteiger partial charge in [0.15, 0.2) is 0 Å². The highest BCUT2D eigenvalue weighted by molar-refractivity contribution is 5.83. The highest BCUT2D eigenvalue weighted by Gasteiger charge is 2.45. The van der Waals surface area contributed by atoms with Crippen LogP contribution in [0.5, 0.6) is 0 Å². The molecule has 5 nitrogen and oxygen atoms in total. The van der Waals surface area contributed by atoms with Crippen molar-refractivity contribution in [3.8, 4) is 0 Å². The predicted molar refractivity (Wildman–Crippen MR) is 62.6 cm³/mol. The van der Waals surface area contributed by atoms with Crippen LogP contribution in [0.15, 0.2) is 0 Å². The van der Waals surface area contributed by atoms with Crippen LogP contribution in [0.4, 0.5) is 0 Å². The summed E-state index contributed by atoms with van der Waals surface area (Å²) in [6.07, 6.45) is 0.787. The molecule has 5 heteroatoms. The summed E-state index contributed by atoms with van der Waals surface area (Å²) in [6.45, 7) is 8.30. The molecule has 1 N–H and O–H groups in total. The van der Waals surface area contributed by atoms with Crippen molar-refractivity contribution >= 4 is 11.9 Å². The molecule has 0 unspecified atom stereocenters. The van der Waals surface area contributed by atoms with E-state index in [1.165, 1.54) is 0 Å². The first-order chi connectivity index (χ1) is 7.70. The molecule has 1 aliphatic rings. The Kier molecular flexibility index (Phi) is 3.81. The maximum Gasteiger partial charge on any atom is 0.329 e. The molecule has 0 aliphatic carbocycles. The van der Waals surface area contributed by atoms with Crippen LogP contribution in [0, 0.1) is 5.41 Å². The summed E-state index contributed by atoms with van der Waals surface area (Å²) in [5.74, 6) is -0.874. The number of rotatable bonds is 5. The van der Waals surface area contributed by atoms with Gasteiger partial charge in [-0.05, 0) is 13.3 Å². The summed E-state index contributed by atoms with van der Waals surface area (Å²) in [5.41, 5.74) is -0.855. The Hall–Kier alpha value is -1.10. The smallest absolute Gasteiger partial charge is 0.329 e. The zero-order valence-corrected chi connectivity index (χ0v) is 10.9. The Bertz CT molecular complexity index is 318. The number of likely N-dealkylation sites (tertiary alicyclic amines) is 1. The van der Waals surface area contributed by atoms with Crippen LogP contribution in [-0.4, -0.2) is 47.2 Å². The molecule has 17 heavy (non-hydrogen) atoms. The Morgan fingerprint density at radius 1 is 1.41 bits per heavy atom. The van der Waals surface area contributed by atoms with Crippen LogP contribution in [0.2, 0.25) is 0 Å². The van der Waals surface area contributed by atoms with E-state index in [0.29, 0.717) is 13.1 Å². The molecule has 0 saturated carbocycles. The molecule has 1 aliphatic heterocycles. The molecule has 0 aromatic carbocycles. The summed E-state index contributed by atoms with van der Waals surface area (Å²) < 4.78 is 5.26. The number of carbonyl (C=O) groups is 2. The molecular weight excluding hydrogens is 222 g/mol. The molecule has 1 fully saturated rings. The van der Waals surface area contributed by atoms with Gasteiger partial charge >= 0.3 is 5.97 Å². The quantitative estimate of drug-likeness (QED) is 0.786. The number of carboxylic acids is 1. The van der Waals surface area contributed by atoms with E-state index in [4.69, 9.17) is 9.84 Å². The van der Waals surface area contributed by atoms with Crippen molar-refractivity contribution in [1.29, 1.82) is 0 Å². The summed E-state index contributed by atoms with van der Waals surface area (Å²) in [5, 5.41) is 8.53. The van der Waals surface area contributed by atoms with Crippen LogP contribution >= 0.6 is 0 Å². The van der Waals surface area contributed by atoms with Gasteiger partial charge in [0.2, 0.25) is 5.91 Å². The molecule has 1 rings (SSSR count). The van der Waals surface area contributed by atoms with Crippen LogP contribution in [0.3, 0.4) is 0 Å². The van der Waals surface area contributed by atoms with Gasteiger partial charge in [-0.15, -0.1) is 0 Å². The van der Waals surface area contributed by atoms with Gasteiger partial charge in [0.25, 0.3) is 0 Å². The second kappa shape index (κ2) is 4.64. The van der Waals surface area contributed by atoms with Crippen molar-refractivity contribution in [2.75, 3.05) is 19.7 Å². The fourth-order valence-electron chi connectivity index (χ4n) is 1.81. The number of carboxylic acid groups (broad SMARTS) is 1. The second-order valence-electron chi connectivity index (χ2n) is 5.53. The Labute approximate surface area is 102 Å². The minimum Gasteiger partial charge on any atom is -0.480 e. The standard InChI is InChI=1S/C12H21NO4/c1-5-11(2,3)10(16)13-7-12(4,8-13)17-6-9(14)15/h5-8H2,1-4H3,(H,14,15). The van der Waals surface area contributed by atoms with E-state index in [9.17, 15) is 9.59 Å². The van der Waals surface area contributed by atoms with Gasteiger partial charge in [-0.3, -0.25) is 4.79 Å². The lowest BCUT2D eigenvalue weighted by Gasteiger charge is -2.49. The number of carbonyl (C=O) groups excluding carboxylic acids is 1. The summed E-state index contributed by atoms with van der Waals surface area (Å²) >= 11 is 0. The monoisotopic (exact) mass is 243 g/mol. The average molecular weight is 243 g/mol. The van der Waals surface area contributed by atoms with Crippen molar-refractivity contribution in [2.24, 2.45) is 5.41 Å². The van der Waals surface area contributed by atoms with Crippen LogP contribution < -0.4 is 0 Å². The van der Waals surface area contributed by atoms with Gasteiger partial charge in [-0.1, -0.05) is 20.8 Å². The third-order valence-corrected chi connectivity index (χ3v) is 3.34. The summed E-state index contributed by atoms with van der Waals surface area (Å²) in [6, 6.07) is 0. The largest absolute Gasteiger partial charge is 0.480 e. The average Bonchev–Trinajstić information content (AvgIpc) is 2.21. The number of hydrogen-bond acceptors (Lipinski definition) is 3. The van der Waals surface area contributed by atoms with Crippen LogP contribution in [-0.2, 0) is 14.3 Å². The van der Waals surface area contributed by atoms with Crippen LogP contribution in [0.25, 0.3) is 0 Å². The van der Waals surface area contributed by atoms with Crippen molar-refractivity contribution < 1.29 is 19.4 Å². The van der Waals surface area contributed by atoms with E-state index >= 15 is 0 Å². The maximum atomic E-state index is 12.1. The first-order valence-corrected chi connectivity index (χ1v) is 5.85. The Balaban J connectivity index is 2.45. The third-order valence-electron chi connectivity index (χ3n) is 3.34. The third kappa shape index (κ3) is 3.19. The Morgan fingerprint density at radius 2 is 1.94 bits per heavy atom. The lowest BCUT2D eigenvalue weighted by Crippen LogP contribution is -2.65. The normalized spacial score (nSPS) is 18.7. The van der Waals surface area contributed by atoms with Gasteiger partial charge in [0, 0.05) is 5.41 Å². The molecule has 0 radical (unpaired) electrons. The maximum absolute atomic E-state index is 12.1. The van der Waals surface area contributed by atoms with Crippen molar-refractivity contribution in [1.82, 2.24) is 4.90 Å². The lowest BCUT2D eigenvalue weighted by molar-refractivity contribution is -0.178. The molecule has 1 saturated heterocycles. The molecular formula is C12H21NO4. The van der Waals surface area contributed by atoms with E-state index in [1.807, 2.05) is 27.7 Å². The van der Waals surface area contributed by atoms with E-state index in [0.717, 1.165) is 6.42 Å². The fourth-order valence-corrected chi connectivity index (χ4v) is 1.81. The molecule has 0 spiro atoms. The molecule has 98 valence electrons. The van der Waals surface area contributed by atoms with Crippen molar-refractivity contribution in [2.45, 2.75) is 39.7 Å². The van der Waals surface area contributed by atoms with Gasteiger partial charge in [-0.2, -0.15) is 0 Å². The summed E-state index contributed by atoms with van der Waals surface area (Å²) in [7, 11) is 0. The molecule has 0 bridgehead atoms. The van der Waals surface area contributed by atoms with E-state index in [2.05, 4.69) is 0 Å². The fraction of sp³-hybridized carbons (Fsp3) is 0.833. The highest BCUT2D eigenvalue weighted by atomic mass is 16.5. The number of amides is 1. The number of ether oxygens (including phenoxy) is 1. The SMILES string of the molecule is CCC(C)(C)C(=O)N1CC(C)(OCC(=O)O)C1. The van der Waals surface area contributed by atoms with Crippen LogP contribution in [0.1, 0.15) is 34.1 Å². The molecule has 0 aromatic rings. The van der Waals surface area contributed by atoms with Gasteiger partial charge < -0.3 is 14.7 Å². The first kappa shape index (κ1) is 14.0. The Morgan fingerprint density at radius 3 is 2.35 bits per heavy atom. The minimum absolute atomic E-state index is 0.108. The van der Waals surface area contributed by atoms with Gasteiger partial charge in [0.1, 0.15) is 12.2 Å². The number of nitrogens with zero attached hydrogens (tertiary/aromatic N) is 1. The summed E-state index contributed by atoms with van der Waals surface area (Å²) in [4.78, 5) is 24.2. The van der Waals surface area contributed by atoms with Crippen molar-refractivity contribution in [3.05, 3.63) is 0 Å². The zero-order valence-electron chi connectivity index (χ0n) is 10.9. The van der Waals surface area contributed by atoms with Gasteiger partial charge in [0.05, 0.1) is 13.1 Å². The molecule has 0 atom stereocenters. The molecule has 1 heterocycles. The minimum atomic E-state index is -0.982. The van der Waals surface area contributed by atoms with E-state index < -0.39 is 11.6 Å². The lowest BCUT2D eigenvalue weighted by atomic mass is 9.85. The number of hydrogen-bond donors (Lipinski definition) is 1. The zero-order chi connectivity index (χ0) is 13.3. The molecule has 1 amide bonds.